The van der Waals surface area contributed by atoms with E-state index in [0.29, 0.717) is 0 Å². The van der Waals surface area contributed by atoms with Gasteiger partial charge < -0.3 is 13.3 Å². The highest BCUT2D eigenvalue weighted by atomic mass is 33.5. The van der Waals surface area contributed by atoms with Crippen molar-refractivity contribution in [1.82, 2.24) is 4.98 Å². The highest BCUT2D eigenvalue weighted by Gasteiger charge is 2.36. The molecule has 4 nitrogen and oxygen atoms in total. The third-order valence-corrected chi connectivity index (χ3v) is 12.7. The van der Waals surface area contributed by atoms with Gasteiger partial charge in [-0.2, -0.15) is 0 Å². The number of nitrogens with zero attached hydrogens (tertiary/aromatic N) is 1. The second-order valence-electron chi connectivity index (χ2n) is 6.44. The fraction of sp³-hybridized carbons (Fsp3) is 0.350. The smallest absolute Gasteiger partial charge is 0.377 e. The van der Waals surface area contributed by atoms with E-state index in [-0.39, 0.29) is 0 Å². The van der Waals surface area contributed by atoms with Crippen LogP contribution in [0, 0.1) is 6.92 Å². The maximum atomic E-state index is 5.54. The van der Waals surface area contributed by atoms with E-state index >= 15 is 0 Å². The van der Waals surface area contributed by atoms with Crippen LogP contribution in [0.4, 0.5) is 0 Å². The monoisotopic (exact) mass is 483 g/mol. The standard InChI is InChI=1S/C20H25NO3S4Si/c1-15-11-12-18(16(14-15)8-7-13-29(22-2,23-3)24-4)26-28-27-20-21-17-9-5-6-10-19(17)25-20/h5-6,9-12,14H,7-8,13H2,1-4H3. The molecule has 0 saturated carbocycles. The molecule has 0 amide bonds. The predicted molar refractivity (Wildman–Crippen MR) is 130 cm³/mol. The molecule has 0 fully saturated rings. The molecule has 1 heterocycles. The first kappa shape index (κ1) is 23.1. The molecule has 0 radical (unpaired) electrons. The van der Waals surface area contributed by atoms with Gasteiger partial charge in [0.15, 0.2) is 4.34 Å². The van der Waals surface area contributed by atoms with E-state index in [1.165, 1.54) is 20.7 Å². The van der Waals surface area contributed by atoms with Gasteiger partial charge in [0.25, 0.3) is 0 Å². The molecule has 156 valence electrons. The van der Waals surface area contributed by atoms with Gasteiger partial charge in [0.1, 0.15) is 0 Å². The number of fused-ring (bicyclic) bond motifs is 1. The van der Waals surface area contributed by atoms with E-state index < -0.39 is 8.80 Å². The number of thiazole rings is 1. The van der Waals surface area contributed by atoms with Crippen LogP contribution in [0.2, 0.25) is 6.04 Å². The fourth-order valence-corrected chi connectivity index (χ4v) is 10.2. The molecule has 0 aliphatic carbocycles. The van der Waals surface area contributed by atoms with E-state index in [9.17, 15) is 0 Å². The van der Waals surface area contributed by atoms with Crippen molar-refractivity contribution in [1.29, 1.82) is 0 Å². The number of hydrogen-bond acceptors (Lipinski definition) is 8. The summed E-state index contributed by atoms with van der Waals surface area (Å²) in [6.07, 6.45) is 1.94. The minimum Gasteiger partial charge on any atom is -0.377 e. The summed E-state index contributed by atoms with van der Waals surface area (Å²) in [7, 11) is 7.79. The lowest BCUT2D eigenvalue weighted by Gasteiger charge is -2.24. The summed E-state index contributed by atoms with van der Waals surface area (Å²) in [6, 6.07) is 15.8. The molecule has 0 bridgehead atoms. The van der Waals surface area contributed by atoms with Gasteiger partial charge in [0.05, 0.1) is 10.2 Å². The van der Waals surface area contributed by atoms with E-state index in [1.807, 2.05) is 6.07 Å². The number of rotatable bonds is 11. The zero-order chi connectivity index (χ0) is 20.7. The Morgan fingerprint density at radius 2 is 1.76 bits per heavy atom. The first-order chi connectivity index (χ1) is 14.1. The van der Waals surface area contributed by atoms with Crippen molar-refractivity contribution < 1.29 is 13.3 Å². The molecule has 3 aromatic rings. The molecule has 0 N–H and O–H groups in total. The number of hydrogen-bond donors (Lipinski definition) is 0. The average molecular weight is 484 g/mol. The summed E-state index contributed by atoms with van der Waals surface area (Å²) < 4.78 is 19.0. The van der Waals surface area contributed by atoms with Crippen LogP contribution in [0.1, 0.15) is 17.5 Å². The van der Waals surface area contributed by atoms with E-state index in [0.717, 1.165) is 28.7 Å². The largest absolute Gasteiger partial charge is 0.500 e. The van der Waals surface area contributed by atoms with Crippen molar-refractivity contribution in [2.75, 3.05) is 21.3 Å². The number of aromatic nitrogens is 1. The molecule has 3 rings (SSSR count). The maximum Gasteiger partial charge on any atom is 0.500 e. The minimum atomic E-state index is -2.51. The number of para-hydroxylation sites is 1. The Hall–Kier alpha value is -0.523. The van der Waals surface area contributed by atoms with Gasteiger partial charge in [0, 0.05) is 32.3 Å². The Morgan fingerprint density at radius 3 is 2.48 bits per heavy atom. The van der Waals surface area contributed by atoms with Crippen LogP contribution in [0.25, 0.3) is 10.2 Å². The summed E-state index contributed by atoms with van der Waals surface area (Å²) in [5.74, 6) is 0. The highest BCUT2D eigenvalue weighted by molar-refractivity contribution is 9.09. The third-order valence-electron chi connectivity index (χ3n) is 4.58. The van der Waals surface area contributed by atoms with Gasteiger partial charge >= 0.3 is 8.80 Å². The topological polar surface area (TPSA) is 40.6 Å². The molecule has 0 aliphatic rings. The van der Waals surface area contributed by atoms with Crippen LogP contribution in [0.3, 0.4) is 0 Å². The van der Waals surface area contributed by atoms with Crippen molar-refractivity contribution in [3.05, 3.63) is 53.6 Å². The Morgan fingerprint density at radius 1 is 1.00 bits per heavy atom. The summed E-state index contributed by atoms with van der Waals surface area (Å²) in [5, 5.41) is 0. The van der Waals surface area contributed by atoms with Crippen LogP contribution < -0.4 is 0 Å². The summed E-state index contributed by atoms with van der Waals surface area (Å²) in [4.78, 5) is 6.00. The first-order valence-electron chi connectivity index (χ1n) is 9.21. The predicted octanol–water partition coefficient (Wildman–Crippen LogP) is 6.86. The summed E-state index contributed by atoms with van der Waals surface area (Å²) in [5.41, 5.74) is 3.71. The zero-order valence-corrected chi connectivity index (χ0v) is 21.2. The minimum absolute atomic E-state index is 0.808. The second kappa shape index (κ2) is 11.2. The van der Waals surface area contributed by atoms with Gasteiger partial charge in [-0.15, -0.1) is 11.3 Å². The average Bonchev–Trinajstić information content (AvgIpc) is 3.16. The van der Waals surface area contributed by atoms with Gasteiger partial charge in [-0.25, -0.2) is 4.98 Å². The van der Waals surface area contributed by atoms with Gasteiger partial charge in [0.2, 0.25) is 0 Å². The lowest BCUT2D eigenvalue weighted by Crippen LogP contribution is -2.42. The normalized spacial score (nSPS) is 12.0. The molecule has 0 saturated heterocycles. The molecule has 0 unspecified atom stereocenters. The fourth-order valence-electron chi connectivity index (χ4n) is 3.01. The van der Waals surface area contributed by atoms with Crippen LogP contribution in [-0.4, -0.2) is 35.1 Å². The highest BCUT2D eigenvalue weighted by Crippen LogP contribution is 2.47. The van der Waals surface area contributed by atoms with Crippen molar-refractivity contribution in [3.63, 3.8) is 0 Å². The van der Waals surface area contributed by atoms with Crippen molar-refractivity contribution in [3.8, 4) is 0 Å². The van der Waals surface area contributed by atoms with Crippen LogP contribution >= 0.6 is 42.8 Å². The molecule has 1 aromatic heterocycles. The maximum absolute atomic E-state index is 5.54. The summed E-state index contributed by atoms with van der Waals surface area (Å²) in [6.45, 7) is 2.14. The molecule has 9 heteroatoms. The molecule has 0 aliphatic heterocycles. The third kappa shape index (κ3) is 6.24. The van der Waals surface area contributed by atoms with E-state index in [2.05, 4.69) is 43.3 Å². The molecule has 0 atom stereocenters. The van der Waals surface area contributed by atoms with Gasteiger partial charge in [-0.3, -0.25) is 0 Å². The zero-order valence-electron chi connectivity index (χ0n) is 17.0. The van der Waals surface area contributed by atoms with E-state index in [4.69, 9.17) is 18.3 Å². The molecule has 29 heavy (non-hydrogen) atoms. The van der Waals surface area contributed by atoms with Crippen LogP contribution in [-0.2, 0) is 19.7 Å². The Labute approximate surface area is 189 Å². The number of aryl methyl sites for hydroxylation is 2. The number of benzene rings is 2. The van der Waals surface area contributed by atoms with Crippen LogP contribution in [0.15, 0.2) is 51.7 Å². The molecule has 0 spiro atoms. The lowest BCUT2D eigenvalue weighted by molar-refractivity contribution is 0.123. The van der Waals surface area contributed by atoms with Crippen molar-refractivity contribution >= 4 is 61.8 Å². The summed E-state index contributed by atoms with van der Waals surface area (Å²) >= 11 is 1.74. The second-order valence-corrected chi connectivity index (χ2v) is 14.8. The van der Waals surface area contributed by atoms with Crippen molar-refractivity contribution in [2.45, 2.75) is 35.0 Å². The Balaban J connectivity index is 1.59. The quantitative estimate of drug-likeness (QED) is 0.218. The Bertz CT molecular complexity index is 892. The van der Waals surface area contributed by atoms with Gasteiger partial charge in [-0.05, 0) is 74.9 Å². The van der Waals surface area contributed by atoms with Crippen LogP contribution in [0.5, 0.6) is 0 Å². The lowest BCUT2D eigenvalue weighted by atomic mass is 10.1. The molecular weight excluding hydrogens is 459 g/mol. The SMILES string of the molecule is CO[Si](CCCc1cc(C)ccc1SSSc1nc2ccccc2s1)(OC)OC. The first-order valence-corrected chi connectivity index (χ1v) is 15.4. The van der Waals surface area contributed by atoms with Gasteiger partial charge in [-0.1, -0.05) is 29.8 Å². The Kier molecular flexibility index (Phi) is 8.94. The van der Waals surface area contributed by atoms with E-state index in [1.54, 1.807) is 64.1 Å². The van der Waals surface area contributed by atoms with Crippen molar-refractivity contribution in [2.24, 2.45) is 0 Å². The molecule has 2 aromatic carbocycles. The molecular formula is C20H25NO3S4Si.